The first-order chi connectivity index (χ1) is 6.50. The fourth-order valence-corrected chi connectivity index (χ4v) is 1.84. The highest BCUT2D eigenvalue weighted by Gasteiger charge is 2.10. The molecule has 1 aromatic carbocycles. The van der Waals surface area contributed by atoms with Crippen LogP contribution < -0.4 is 5.73 Å². The van der Waals surface area contributed by atoms with Crippen molar-refractivity contribution in [1.82, 2.24) is 0 Å². The van der Waals surface area contributed by atoms with Crippen LogP contribution in [0.5, 0.6) is 5.75 Å². The zero-order chi connectivity index (χ0) is 10.7. The molecule has 0 amide bonds. The Morgan fingerprint density at radius 3 is 2.73 bits per heavy atom. The third-order valence-corrected chi connectivity index (χ3v) is 2.67. The second kappa shape index (κ2) is 6.16. The molecule has 0 saturated carbocycles. The lowest BCUT2D eigenvalue weighted by Crippen LogP contribution is -2.10. The van der Waals surface area contributed by atoms with E-state index in [4.69, 9.17) is 5.73 Å². The number of hydrogen-bond donors (Lipinski definition) is 2. The molecule has 0 aliphatic rings. The van der Waals surface area contributed by atoms with Gasteiger partial charge in [0.15, 0.2) is 0 Å². The van der Waals surface area contributed by atoms with E-state index in [0.29, 0.717) is 0 Å². The highest BCUT2D eigenvalue weighted by molar-refractivity contribution is 9.10. The van der Waals surface area contributed by atoms with Gasteiger partial charge in [0, 0.05) is 10.5 Å². The molecule has 4 heteroatoms. The molecule has 84 valence electrons. The van der Waals surface area contributed by atoms with Crippen LogP contribution in [0.4, 0.5) is 0 Å². The van der Waals surface area contributed by atoms with E-state index in [2.05, 4.69) is 22.5 Å². The lowest BCUT2D eigenvalue weighted by atomic mass is 10.0. The summed E-state index contributed by atoms with van der Waals surface area (Å²) in [5.74, 6) is 0.236. The summed E-state index contributed by atoms with van der Waals surface area (Å²) in [7, 11) is 0. The van der Waals surface area contributed by atoms with E-state index in [1.165, 1.54) is 0 Å². The van der Waals surface area contributed by atoms with Crippen molar-refractivity contribution in [2.45, 2.75) is 19.4 Å². The summed E-state index contributed by atoms with van der Waals surface area (Å²) in [6, 6.07) is 4.98. The number of nitrogens with two attached hydrogens (primary N) is 1. The highest BCUT2D eigenvalue weighted by Crippen LogP contribution is 2.28. The first kappa shape index (κ1) is 14.5. The average Bonchev–Trinajstić information content (AvgIpc) is 2.08. The maximum absolute atomic E-state index is 9.32. The molecule has 1 rings (SSSR count). The Bertz CT molecular complexity index is 354. The Hall–Kier alpha value is -0.510. The van der Waals surface area contributed by atoms with Gasteiger partial charge in [-0.3, -0.25) is 0 Å². The van der Waals surface area contributed by atoms with E-state index < -0.39 is 0 Å². The highest BCUT2D eigenvalue weighted by atomic mass is 79.9. The summed E-state index contributed by atoms with van der Waals surface area (Å²) in [6.07, 6.45) is 0.724. The van der Waals surface area contributed by atoms with Gasteiger partial charge < -0.3 is 10.8 Å². The lowest BCUT2D eigenvalue weighted by Gasteiger charge is -2.13. The number of phenolic OH excluding ortho intramolecular Hbond substituents is 1. The molecule has 2 nitrogen and oxygen atoms in total. The topological polar surface area (TPSA) is 46.2 Å². The number of hydrogen-bond acceptors (Lipinski definition) is 2. The fraction of sp³-hybridized carbons (Fsp3) is 0.273. The molecule has 3 N–H and O–H groups in total. The molecule has 15 heavy (non-hydrogen) atoms. The Labute approximate surface area is 105 Å². The van der Waals surface area contributed by atoms with E-state index in [9.17, 15) is 5.11 Å². The van der Waals surface area contributed by atoms with Crippen molar-refractivity contribution in [1.29, 1.82) is 0 Å². The van der Waals surface area contributed by atoms with Crippen molar-refractivity contribution in [3.8, 4) is 5.75 Å². The summed E-state index contributed by atoms with van der Waals surface area (Å²) < 4.78 is 0.920. The molecule has 0 fully saturated rings. The summed E-state index contributed by atoms with van der Waals surface area (Å²) in [6.45, 7) is 5.76. The zero-order valence-corrected chi connectivity index (χ0v) is 10.9. The molecule has 0 aromatic heterocycles. The van der Waals surface area contributed by atoms with Crippen LogP contribution in [0.3, 0.4) is 0 Å². The second-order valence-corrected chi connectivity index (χ2v) is 4.33. The van der Waals surface area contributed by atoms with Gasteiger partial charge >= 0.3 is 0 Å². The van der Waals surface area contributed by atoms with E-state index in [0.717, 1.165) is 22.0 Å². The Morgan fingerprint density at radius 2 is 2.20 bits per heavy atom. The molecule has 1 atom stereocenters. The number of rotatable bonds is 3. The van der Waals surface area contributed by atoms with E-state index in [-0.39, 0.29) is 24.2 Å². The van der Waals surface area contributed by atoms with Crippen LogP contribution in [0.25, 0.3) is 0 Å². The summed E-state index contributed by atoms with van der Waals surface area (Å²) in [5, 5.41) is 9.32. The molecule has 0 aliphatic carbocycles. The van der Waals surface area contributed by atoms with Crippen LogP contribution >= 0.6 is 28.3 Å². The SMILES string of the molecule is C=C(C)C[C@@H](N)c1cc(O)ccc1Br.Cl. The minimum absolute atomic E-state index is 0. The van der Waals surface area contributed by atoms with E-state index in [1.807, 2.05) is 6.92 Å². The van der Waals surface area contributed by atoms with Crippen LogP contribution in [0.2, 0.25) is 0 Å². The Kier molecular flexibility index (Phi) is 5.95. The van der Waals surface area contributed by atoms with Gasteiger partial charge in [0.2, 0.25) is 0 Å². The molecule has 0 saturated heterocycles. The smallest absolute Gasteiger partial charge is 0.115 e. The first-order valence-electron chi connectivity index (χ1n) is 4.39. The van der Waals surface area contributed by atoms with Crippen molar-refractivity contribution in [2.24, 2.45) is 5.73 Å². The number of halogens is 2. The second-order valence-electron chi connectivity index (χ2n) is 3.47. The normalized spacial score (nSPS) is 11.7. The third-order valence-electron chi connectivity index (χ3n) is 1.95. The van der Waals surface area contributed by atoms with Gasteiger partial charge in [-0.05, 0) is 37.1 Å². The molecular formula is C11H15BrClNO. The molecule has 0 aliphatic heterocycles. The van der Waals surface area contributed by atoms with Gasteiger partial charge in [-0.15, -0.1) is 19.0 Å². The zero-order valence-electron chi connectivity index (χ0n) is 8.53. The van der Waals surface area contributed by atoms with Crippen molar-refractivity contribution in [3.05, 3.63) is 40.4 Å². The standard InChI is InChI=1S/C11H14BrNO.ClH/c1-7(2)5-11(13)9-6-8(14)3-4-10(9)12;/h3-4,6,11,14H,1,5,13H2,2H3;1H/t11-;/m1./s1. The predicted octanol–water partition coefficient (Wildman–Crippen LogP) is 3.54. The van der Waals surface area contributed by atoms with Gasteiger partial charge in [0.25, 0.3) is 0 Å². The lowest BCUT2D eigenvalue weighted by molar-refractivity contribution is 0.473. The van der Waals surface area contributed by atoms with Gasteiger partial charge in [0.05, 0.1) is 0 Å². The maximum Gasteiger partial charge on any atom is 0.115 e. The van der Waals surface area contributed by atoms with Crippen molar-refractivity contribution in [2.75, 3.05) is 0 Å². The molecule has 0 radical (unpaired) electrons. The van der Waals surface area contributed by atoms with Crippen LogP contribution in [0.1, 0.15) is 24.9 Å². The average molecular weight is 293 g/mol. The first-order valence-corrected chi connectivity index (χ1v) is 5.18. The molecule has 0 heterocycles. The molecule has 0 bridgehead atoms. The Balaban J connectivity index is 0.00000196. The van der Waals surface area contributed by atoms with E-state index in [1.54, 1.807) is 18.2 Å². The third kappa shape index (κ3) is 4.24. The number of phenols is 1. The largest absolute Gasteiger partial charge is 0.508 e. The quantitative estimate of drug-likeness (QED) is 0.837. The number of aromatic hydroxyl groups is 1. The van der Waals surface area contributed by atoms with Crippen molar-refractivity contribution >= 4 is 28.3 Å². The monoisotopic (exact) mass is 291 g/mol. The summed E-state index contributed by atoms with van der Waals surface area (Å²) in [4.78, 5) is 0. The summed E-state index contributed by atoms with van der Waals surface area (Å²) >= 11 is 3.40. The summed E-state index contributed by atoms with van der Waals surface area (Å²) in [5.41, 5.74) is 7.91. The Morgan fingerprint density at radius 1 is 1.60 bits per heavy atom. The minimum Gasteiger partial charge on any atom is -0.508 e. The minimum atomic E-state index is -0.117. The van der Waals surface area contributed by atoms with Gasteiger partial charge in [-0.1, -0.05) is 21.5 Å². The van der Waals surface area contributed by atoms with Crippen molar-refractivity contribution < 1.29 is 5.11 Å². The van der Waals surface area contributed by atoms with Crippen molar-refractivity contribution in [3.63, 3.8) is 0 Å². The maximum atomic E-state index is 9.32. The van der Waals surface area contributed by atoms with Crippen LogP contribution in [0.15, 0.2) is 34.8 Å². The molecule has 0 unspecified atom stereocenters. The molecule has 0 spiro atoms. The van der Waals surface area contributed by atoms with Crippen LogP contribution in [-0.2, 0) is 0 Å². The van der Waals surface area contributed by atoms with E-state index >= 15 is 0 Å². The predicted molar refractivity (Wildman–Crippen MR) is 69.4 cm³/mol. The fourth-order valence-electron chi connectivity index (χ4n) is 1.30. The van der Waals surface area contributed by atoms with Gasteiger partial charge in [-0.25, -0.2) is 0 Å². The van der Waals surface area contributed by atoms with Crippen LogP contribution in [0, 0.1) is 0 Å². The molecule has 1 aromatic rings. The van der Waals surface area contributed by atoms with Gasteiger partial charge in [-0.2, -0.15) is 0 Å². The van der Waals surface area contributed by atoms with Gasteiger partial charge in [0.1, 0.15) is 5.75 Å². The van der Waals surface area contributed by atoms with Crippen LogP contribution in [-0.4, -0.2) is 5.11 Å². The molecular weight excluding hydrogens is 277 g/mol. The number of benzene rings is 1.